The molecule has 1 fully saturated rings. The van der Waals surface area contributed by atoms with Crippen LogP contribution in [0.2, 0.25) is 0 Å². The van der Waals surface area contributed by atoms with Gasteiger partial charge in [0.05, 0.1) is 23.3 Å². The largest absolute Gasteiger partial charge is 0.416 e. The summed E-state index contributed by atoms with van der Waals surface area (Å²) in [5.74, 6) is 1.37. The minimum absolute atomic E-state index is 0.209. The molecule has 6 nitrogen and oxygen atoms in total. The summed E-state index contributed by atoms with van der Waals surface area (Å²) in [6.45, 7) is 4.76. The lowest BCUT2D eigenvalue weighted by Gasteiger charge is -2.23. The molecule has 5 rings (SSSR count). The van der Waals surface area contributed by atoms with Crippen LogP contribution in [0.4, 0.5) is 19.0 Å². The molecule has 1 aliphatic heterocycles. The number of fused-ring (bicyclic) bond motifs is 3. The first-order valence-electron chi connectivity index (χ1n) is 11.0. The van der Waals surface area contributed by atoms with Crippen molar-refractivity contribution in [3.8, 4) is 0 Å². The van der Waals surface area contributed by atoms with Crippen LogP contribution in [0.3, 0.4) is 0 Å². The molecule has 9 heteroatoms. The zero-order valence-corrected chi connectivity index (χ0v) is 18.4. The predicted octanol–water partition coefficient (Wildman–Crippen LogP) is 5.67. The Bertz CT molecular complexity index is 1310. The van der Waals surface area contributed by atoms with Gasteiger partial charge in [0, 0.05) is 42.6 Å². The van der Waals surface area contributed by atoms with Crippen LogP contribution >= 0.6 is 0 Å². The summed E-state index contributed by atoms with van der Waals surface area (Å²) in [6.07, 6.45) is 2.72. The van der Waals surface area contributed by atoms with Crippen molar-refractivity contribution in [3.05, 3.63) is 65.2 Å². The lowest BCUT2D eigenvalue weighted by molar-refractivity contribution is -0.138. The maximum absolute atomic E-state index is 13.4. The summed E-state index contributed by atoms with van der Waals surface area (Å²) < 4.78 is 47.6. The number of halogens is 3. The number of anilines is 1. The van der Waals surface area contributed by atoms with E-state index < -0.39 is 17.8 Å². The molecule has 1 N–H and O–H groups in total. The van der Waals surface area contributed by atoms with Gasteiger partial charge in [-0.3, -0.25) is 9.38 Å². The average molecular weight is 455 g/mol. The molecule has 1 saturated heterocycles. The molecule has 172 valence electrons. The number of hydrogen-bond acceptors (Lipinski definition) is 5. The molecule has 0 saturated carbocycles. The van der Waals surface area contributed by atoms with Gasteiger partial charge in [-0.25, -0.2) is 4.98 Å². The Kier molecular flexibility index (Phi) is 5.44. The Morgan fingerprint density at radius 3 is 2.73 bits per heavy atom. The highest BCUT2D eigenvalue weighted by Gasteiger charge is 2.33. The second-order valence-electron chi connectivity index (χ2n) is 8.45. The van der Waals surface area contributed by atoms with Gasteiger partial charge in [0.15, 0.2) is 0 Å². The molecular formula is C24H24F3N5O. The van der Waals surface area contributed by atoms with Crippen molar-refractivity contribution in [2.24, 2.45) is 0 Å². The monoisotopic (exact) mass is 455 g/mol. The number of pyridine rings is 1. The standard InChI is InChI=1S/C24H24F3N5O/c1-14-17(4-3-5-19(14)24(25,26)27)15(2)30-22-18-12-20(16-6-10-33-11-7-16)29-13-21(18)32-9-8-28-23(32)31-22/h3-5,8-9,12-13,15-16H,6-7,10-11H2,1-2H3,(H,28,30,31). The fourth-order valence-electron chi connectivity index (χ4n) is 4.61. The summed E-state index contributed by atoms with van der Waals surface area (Å²) >= 11 is 0. The number of nitrogens with one attached hydrogen (secondary N) is 1. The van der Waals surface area contributed by atoms with E-state index in [9.17, 15) is 13.2 Å². The van der Waals surface area contributed by atoms with Gasteiger partial charge in [0.1, 0.15) is 5.82 Å². The Labute approximate surface area is 188 Å². The van der Waals surface area contributed by atoms with Crippen LogP contribution in [0.25, 0.3) is 16.7 Å². The summed E-state index contributed by atoms with van der Waals surface area (Å²) in [4.78, 5) is 13.7. The van der Waals surface area contributed by atoms with Gasteiger partial charge in [-0.2, -0.15) is 18.2 Å². The van der Waals surface area contributed by atoms with Crippen molar-refractivity contribution in [1.82, 2.24) is 19.4 Å². The van der Waals surface area contributed by atoms with Crippen LogP contribution in [-0.2, 0) is 10.9 Å². The van der Waals surface area contributed by atoms with Crippen molar-refractivity contribution in [2.45, 2.75) is 44.8 Å². The van der Waals surface area contributed by atoms with Crippen LogP contribution in [-0.4, -0.2) is 32.6 Å². The van der Waals surface area contributed by atoms with Crippen molar-refractivity contribution in [2.75, 3.05) is 18.5 Å². The second kappa shape index (κ2) is 8.30. The molecule has 1 unspecified atom stereocenters. The summed E-state index contributed by atoms with van der Waals surface area (Å²) in [6, 6.07) is 5.90. The van der Waals surface area contributed by atoms with E-state index in [4.69, 9.17) is 9.72 Å². The van der Waals surface area contributed by atoms with Crippen molar-refractivity contribution in [3.63, 3.8) is 0 Å². The van der Waals surface area contributed by atoms with Crippen LogP contribution in [0.5, 0.6) is 0 Å². The van der Waals surface area contributed by atoms with E-state index in [-0.39, 0.29) is 5.56 Å². The molecule has 0 aliphatic carbocycles. The Morgan fingerprint density at radius 1 is 1.18 bits per heavy atom. The fraction of sp³-hybridized carbons (Fsp3) is 0.375. The molecule has 0 radical (unpaired) electrons. The lowest BCUT2D eigenvalue weighted by atomic mass is 9.95. The van der Waals surface area contributed by atoms with Gasteiger partial charge >= 0.3 is 6.18 Å². The number of alkyl halides is 3. The van der Waals surface area contributed by atoms with Gasteiger partial charge in [-0.1, -0.05) is 12.1 Å². The van der Waals surface area contributed by atoms with Crippen LogP contribution < -0.4 is 5.32 Å². The third kappa shape index (κ3) is 4.01. The number of aromatic nitrogens is 4. The molecule has 3 aromatic heterocycles. The number of benzene rings is 1. The number of ether oxygens (including phenoxy) is 1. The van der Waals surface area contributed by atoms with E-state index in [0.717, 1.165) is 35.5 Å². The molecular weight excluding hydrogens is 431 g/mol. The number of hydrogen-bond donors (Lipinski definition) is 1. The summed E-state index contributed by atoms with van der Waals surface area (Å²) in [7, 11) is 0. The SMILES string of the molecule is Cc1c(C(C)Nc2nc3nccn3c3cnc(C4CCOCC4)cc23)cccc1C(F)(F)F. The minimum atomic E-state index is -4.40. The number of imidazole rings is 1. The number of nitrogens with zero attached hydrogens (tertiary/aromatic N) is 4. The summed E-state index contributed by atoms with van der Waals surface area (Å²) in [5.41, 5.74) is 1.96. The molecule has 1 aromatic carbocycles. The van der Waals surface area contributed by atoms with E-state index in [1.165, 1.54) is 13.0 Å². The molecule has 33 heavy (non-hydrogen) atoms. The van der Waals surface area contributed by atoms with Crippen molar-refractivity contribution < 1.29 is 17.9 Å². The predicted molar refractivity (Wildman–Crippen MR) is 119 cm³/mol. The molecule has 1 atom stereocenters. The van der Waals surface area contributed by atoms with Crippen LogP contribution in [0, 0.1) is 6.92 Å². The topological polar surface area (TPSA) is 64.3 Å². The van der Waals surface area contributed by atoms with E-state index in [1.807, 2.05) is 29.8 Å². The highest BCUT2D eigenvalue weighted by molar-refractivity contribution is 5.91. The molecule has 0 amide bonds. The van der Waals surface area contributed by atoms with Crippen molar-refractivity contribution >= 4 is 22.5 Å². The molecule has 4 aromatic rings. The van der Waals surface area contributed by atoms with E-state index in [0.29, 0.717) is 36.3 Å². The third-order valence-electron chi connectivity index (χ3n) is 6.39. The van der Waals surface area contributed by atoms with E-state index in [2.05, 4.69) is 15.3 Å². The lowest BCUT2D eigenvalue weighted by Crippen LogP contribution is -2.16. The quantitative estimate of drug-likeness (QED) is 0.429. The van der Waals surface area contributed by atoms with Crippen LogP contribution in [0.15, 0.2) is 42.9 Å². The third-order valence-corrected chi connectivity index (χ3v) is 6.39. The highest BCUT2D eigenvalue weighted by atomic mass is 19.4. The van der Waals surface area contributed by atoms with Crippen LogP contribution in [0.1, 0.15) is 54.1 Å². The number of rotatable bonds is 4. The maximum Gasteiger partial charge on any atom is 0.416 e. The molecule has 0 bridgehead atoms. The fourth-order valence-corrected chi connectivity index (χ4v) is 4.61. The van der Waals surface area contributed by atoms with E-state index >= 15 is 0 Å². The normalized spacial score (nSPS) is 16.4. The zero-order chi connectivity index (χ0) is 23.2. The smallest absolute Gasteiger partial charge is 0.381 e. The van der Waals surface area contributed by atoms with Gasteiger partial charge < -0.3 is 10.1 Å². The first-order chi connectivity index (χ1) is 15.8. The van der Waals surface area contributed by atoms with Gasteiger partial charge in [0.2, 0.25) is 5.78 Å². The minimum Gasteiger partial charge on any atom is -0.381 e. The van der Waals surface area contributed by atoms with E-state index in [1.54, 1.807) is 12.3 Å². The average Bonchev–Trinajstić information content (AvgIpc) is 3.27. The first-order valence-corrected chi connectivity index (χ1v) is 11.0. The molecule has 4 heterocycles. The van der Waals surface area contributed by atoms with Gasteiger partial charge in [0.25, 0.3) is 0 Å². The zero-order valence-electron chi connectivity index (χ0n) is 18.4. The molecule has 1 aliphatic rings. The Hall–Kier alpha value is -3.20. The Balaban J connectivity index is 1.58. The maximum atomic E-state index is 13.4. The Morgan fingerprint density at radius 2 is 1.97 bits per heavy atom. The summed E-state index contributed by atoms with van der Waals surface area (Å²) in [5, 5.41) is 4.20. The van der Waals surface area contributed by atoms with Gasteiger partial charge in [-0.05, 0) is 49.9 Å². The van der Waals surface area contributed by atoms with Gasteiger partial charge in [-0.15, -0.1) is 0 Å². The first kappa shape index (κ1) is 21.6. The highest BCUT2D eigenvalue weighted by Crippen LogP contribution is 2.36. The second-order valence-corrected chi connectivity index (χ2v) is 8.45. The molecule has 0 spiro atoms. The van der Waals surface area contributed by atoms with Crippen molar-refractivity contribution in [1.29, 1.82) is 0 Å².